The summed E-state index contributed by atoms with van der Waals surface area (Å²) in [5.74, 6) is 1.60. The number of hydrogen-bond acceptors (Lipinski definition) is 2. The fourth-order valence-corrected chi connectivity index (χ4v) is 1.36. The van der Waals surface area contributed by atoms with Crippen LogP contribution in [0.4, 0.5) is 0 Å². The van der Waals surface area contributed by atoms with Crippen molar-refractivity contribution in [1.82, 2.24) is 9.97 Å². The van der Waals surface area contributed by atoms with Crippen molar-refractivity contribution in [2.45, 2.75) is 17.6 Å². The quantitative estimate of drug-likeness (QED) is 0.739. The minimum atomic E-state index is 0.298. The number of aromatic nitrogens is 2. The van der Waals surface area contributed by atoms with Crippen LogP contribution in [0.2, 0.25) is 0 Å². The Morgan fingerprint density at radius 2 is 1.83 bits per heavy atom. The van der Waals surface area contributed by atoms with E-state index in [0.29, 0.717) is 23.5 Å². The summed E-state index contributed by atoms with van der Waals surface area (Å²) >= 11 is 16.8. The molecule has 0 fully saturated rings. The van der Waals surface area contributed by atoms with Gasteiger partial charge < -0.3 is 0 Å². The van der Waals surface area contributed by atoms with Gasteiger partial charge in [0.05, 0.1) is 23.3 Å². The molecule has 0 aliphatic carbocycles. The lowest BCUT2D eigenvalue weighted by atomic mass is 10.3. The topological polar surface area (TPSA) is 25.8 Å². The Bertz CT molecular complexity index is 265. The SMILES string of the molecule is ClCc1ncc(CCl)c(CCl)n1. The van der Waals surface area contributed by atoms with Gasteiger partial charge in [0.2, 0.25) is 0 Å². The number of hydrogen-bond donors (Lipinski definition) is 0. The molecule has 1 aromatic heterocycles. The minimum absolute atomic E-state index is 0.298. The van der Waals surface area contributed by atoms with Crippen molar-refractivity contribution in [3.63, 3.8) is 0 Å². The molecule has 0 unspecified atom stereocenters. The monoisotopic (exact) mass is 224 g/mol. The molecule has 0 bridgehead atoms. The molecule has 0 spiro atoms. The zero-order valence-corrected chi connectivity index (χ0v) is 8.49. The number of halogens is 3. The van der Waals surface area contributed by atoms with Gasteiger partial charge in [0, 0.05) is 11.8 Å². The summed E-state index contributed by atoms with van der Waals surface area (Å²) in [7, 11) is 0. The van der Waals surface area contributed by atoms with E-state index in [1.807, 2.05) is 0 Å². The Kier molecular flexibility index (Phi) is 4.06. The standard InChI is InChI=1S/C7H7Cl3N2/c8-1-5-4-11-7(3-10)12-6(5)2-9/h4H,1-3H2. The van der Waals surface area contributed by atoms with Gasteiger partial charge in [-0.05, 0) is 0 Å². The highest BCUT2D eigenvalue weighted by Crippen LogP contribution is 2.11. The molecule has 1 rings (SSSR count). The van der Waals surface area contributed by atoms with Gasteiger partial charge in [-0.15, -0.1) is 34.8 Å². The van der Waals surface area contributed by atoms with Crippen molar-refractivity contribution in [2.24, 2.45) is 0 Å². The van der Waals surface area contributed by atoms with Gasteiger partial charge in [-0.1, -0.05) is 0 Å². The number of alkyl halides is 3. The van der Waals surface area contributed by atoms with Gasteiger partial charge in [0.1, 0.15) is 5.82 Å². The van der Waals surface area contributed by atoms with Crippen molar-refractivity contribution in [2.75, 3.05) is 0 Å². The third-order valence-electron chi connectivity index (χ3n) is 1.39. The van der Waals surface area contributed by atoms with E-state index in [1.165, 1.54) is 0 Å². The average Bonchev–Trinajstić information content (AvgIpc) is 2.16. The summed E-state index contributed by atoms with van der Waals surface area (Å²) in [5, 5.41) is 0. The molecule has 0 saturated heterocycles. The van der Waals surface area contributed by atoms with E-state index in [9.17, 15) is 0 Å². The van der Waals surface area contributed by atoms with Crippen molar-refractivity contribution in [3.8, 4) is 0 Å². The summed E-state index contributed by atoms with van der Waals surface area (Å²) in [6.07, 6.45) is 1.66. The smallest absolute Gasteiger partial charge is 0.143 e. The zero-order chi connectivity index (χ0) is 8.97. The molecule has 2 nitrogen and oxygen atoms in total. The third kappa shape index (κ3) is 2.22. The molecule has 0 amide bonds. The fourth-order valence-electron chi connectivity index (χ4n) is 0.775. The van der Waals surface area contributed by atoms with Crippen molar-refractivity contribution < 1.29 is 0 Å². The maximum Gasteiger partial charge on any atom is 0.143 e. The van der Waals surface area contributed by atoms with E-state index in [1.54, 1.807) is 6.20 Å². The Balaban J connectivity index is 3.02. The molecule has 0 radical (unpaired) electrons. The highest BCUT2D eigenvalue weighted by Gasteiger charge is 2.04. The lowest BCUT2D eigenvalue weighted by Crippen LogP contribution is -1.99. The molecule has 1 heterocycles. The van der Waals surface area contributed by atoms with E-state index in [2.05, 4.69) is 9.97 Å². The molecular weight excluding hydrogens is 218 g/mol. The van der Waals surface area contributed by atoms with E-state index < -0.39 is 0 Å². The van der Waals surface area contributed by atoms with Gasteiger partial charge in [0.25, 0.3) is 0 Å². The molecule has 0 atom stereocenters. The molecular formula is C7H7Cl3N2. The Morgan fingerprint density at radius 3 is 2.33 bits per heavy atom. The minimum Gasteiger partial charge on any atom is -0.240 e. The van der Waals surface area contributed by atoms with Crippen LogP contribution in [0.1, 0.15) is 17.1 Å². The first kappa shape index (κ1) is 10.0. The van der Waals surface area contributed by atoms with Crippen LogP contribution < -0.4 is 0 Å². The summed E-state index contributed by atoms with van der Waals surface area (Å²) in [5.41, 5.74) is 1.62. The molecule has 12 heavy (non-hydrogen) atoms. The first-order valence-corrected chi connectivity index (χ1v) is 4.93. The molecule has 1 aromatic rings. The fraction of sp³-hybridized carbons (Fsp3) is 0.429. The summed E-state index contributed by atoms with van der Waals surface area (Å²) < 4.78 is 0. The Morgan fingerprint density at radius 1 is 1.08 bits per heavy atom. The van der Waals surface area contributed by atoms with Crippen LogP contribution >= 0.6 is 34.8 Å². The molecule has 0 saturated carbocycles. The van der Waals surface area contributed by atoms with Crippen LogP contribution in [0.25, 0.3) is 0 Å². The largest absolute Gasteiger partial charge is 0.240 e. The van der Waals surface area contributed by atoms with Gasteiger partial charge in [-0.2, -0.15) is 0 Å². The summed E-state index contributed by atoms with van der Waals surface area (Å²) in [4.78, 5) is 8.11. The second-order valence-electron chi connectivity index (χ2n) is 2.16. The Hall–Kier alpha value is -0.0500. The lowest BCUT2D eigenvalue weighted by molar-refractivity contribution is 0.954. The van der Waals surface area contributed by atoms with Crippen molar-refractivity contribution in [3.05, 3.63) is 23.3 Å². The normalized spacial score (nSPS) is 10.2. The van der Waals surface area contributed by atoms with Gasteiger partial charge in [-0.25, -0.2) is 9.97 Å². The van der Waals surface area contributed by atoms with E-state index >= 15 is 0 Å². The van der Waals surface area contributed by atoms with Crippen LogP contribution in [-0.4, -0.2) is 9.97 Å². The van der Waals surface area contributed by atoms with Crippen LogP contribution in [-0.2, 0) is 17.6 Å². The van der Waals surface area contributed by atoms with E-state index in [0.717, 1.165) is 11.3 Å². The summed E-state index contributed by atoms with van der Waals surface area (Å²) in [6.45, 7) is 0. The first-order valence-electron chi connectivity index (χ1n) is 3.33. The van der Waals surface area contributed by atoms with Crippen molar-refractivity contribution in [1.29, 1.82) is 0 Å². The van der Waals surface area contributed by atoms with Crippen molar-refractivity contribution >= 4 is 34.8 Å². The molecule has 5 heteroatoms. The average molecular weight is 226 g/mol. The lowest BCUT2D eigenvalue weighted by Gasteiger charge is -2.02. The van der Waals surface area contributed by atoms with Crippen LogP contribution in [0.5, 0.6) is 0 Å². The second kappa shape index (κ2) is 4.85. The molecule has 0 N–H and O–H groups in total. The first-order chi connectivity index (χ1) is 5.81. The van der Waals surface area contributed by atoms with Gasteiger partial charge in [0.15, 0.2) is 0 Å². The van der Waals surface area contributed by atoms with Crippen LogP contribution in [0.3, 0.4) is 0 Å². The number of nitrogens with zero attached hydrogens (tertiary/aromatic N) is 2. The second-order valence-corrected chi connectivity index (χ2v) is 2.96. The Labute approximate surface area is 85.9 Å². The molecule has 0 aromatic carbocycles. The maximum atomic E-state index is 5.65. The predicted molar refractivity (Wildman–Crippen MR) is 50.7 cm³/mol. The molecule has 66 valence electrons. The maximum absolute atomic E-state index is 5.65. The highest BCUT2D eigenvalue weighted by atomic mass is 35.5. The number of rotatable bonds is 3. The predicted octanol–water partition coefficient (Wildman–Crippen LogP) is 2.69. The van der Waals surface area contributed by atoms with Crippen LogP contribution in [0, 0.1) is 0 Å². The van der Waals surface area contributed by atoms with Gasteiger partial charge in [-0.3, -0.25) is 0 Å². The highest BCUT2D eigenvalue weighted by molar-refractivity contribution is 6.18. The van der Waals surface area contributed by atoms with Crippen LogP contribution in [0.15, 0.2) is 6.20 Å². The third-order valence-corrected chi connectivity index (χ3v) is 2.17. The molecule has 0 aliphatic heterocycles. The zero-order valence-electron chi connectivity index (χ0n) is 6.23. The van der Waals surface area contributed by atoms with E-state index in [-0.39, 0.29) is 0 Å². The summed E-state index contributed by atoms with van der Waals surface area (Å²) in [6, 6.07) is 0. The van der Waals surface area contributed by atoms with E-state index in [4.69, 9.17) is 34.8 Å². The molecule has 0 aliphatic rings. The van der Waals surface area contributed by atoms with Gasteiger partial charge >= 0.3 is 0 Å².